The molecule has 0 fully saturated rings. The van der Waals surface area contributed by atoms with E-state index < -0.39 is 17.6 Å². The summed E-state index contributed by atoms with van der Waals surface area (Å²) in [5, 5.41) is 0.0325. The van der Waals surface area contributed by atoms with Gasteiger partial charge in [-0.1, -0.05) is 29.3 Å². The van der Waals surface area contributed by atoms with E-state index >= 15 is 0 Å². The van der Waals surface area contributed by atoms with Crippen molar-refractivity contribution in [2.24, 2.45) is 0 Å². The van der Waals surface area contributed by atoms with Crippen molar-refractivity contribution in [2.75, 3.05) is 0 Å². The highest BCUT2D eigenvalue weighted by atomic mass is 35.5. The molecule has 0 aliphatic rings. The van der Waals surface area contributed by atoms with E-state index in [2.05, 4.69) is 0 Å². The zero-order valence-corrected chi connectivity index (χ0v) is 9.15. The summed E-state index contributed by atoms with van der Waals surface area (Å²) >= 11 is 11.5. The van der Waals surface area contributed by atoms with Crippen molar-refractivity contribution in [1.82, 2.24) is 0 Å². The van der Waals surface area contributed by atoms with Gasteiger partial charge in [0.15, 0.2) is 5.58 Å². The highest BCUT2D eigenvalue weighted by molar-refractivity contribution is 6.39. The van der Waals surface area contributed by atoms with Crippen LogP contribution in [-0.4, -0.2) is 0 Å². The minimum absolute atomic E-state index is 0.0172. The number of fused-ring (bicyclic) bond motifs is 1. The van der Waals surface area contributed by atoms with Crippen LogP contribution in [0.15, 0.2) is 27.4 Å². The summed E-state index contributed by atoms with van der Waals surface area (Å²) in [5.74, 6) is 0. The van der Waals surface area contributed by atoms with Crippen LogP contribution in [-0.2, 0) is 0 Å². The number of halogens is 4. The van der Waals surface area contributed by atoms with E-state index in [0.29, 0.717) is 0 Å². The summed E-state index contributed by atoms with van der Waals surface area (Å²) in [6.45, 7) is 0. The van der Waals surface area contributed by atoms with Crippen LogP contribution in [0.5, 0.6) is 0 Å². The van der Waals surface area contributed by atoms with Crippen LogP contribution in [0.1, 0.15) is 12.0 Å². The van der Waals surface area contributed by atoms with E-state index in [0.717, 1.165) is 0 Å². The number of para-hydroxylation sites is 1. The zero-order valence-electron chi connectivity index (χ0n) is 7.64. The second kappa shape index (κ2) is 4.03. The Labute approximate surface area is 98.4 Å². The molecule has 0 amide bonds. The Hall–Kier alpha value is -1.13. The summed E-state index contributed by atoms with van der Waals surface area (Å²) in [6, 6.07) is 4.47. The molecule has 1 aromatic heterocycles. The molecule has 0 saturated carbocycles. The van der Waals surface area contributed by atoms with Crippen molar-refractivity contribution < 1.29 is 13.2 Å². The molecule has 6 heteroatoms. The Bertz CT molecular complexity index is 608. The van der Waals surface area contributed by atoms with Gasteiger partial charge in [-0.05, 0) is 12.1 Å². The molecule has 0 bridgehead atoms. The second-order valence-corrected chi connectivity index (χ2v) is 3.82. The molecule has 0 aliphatic heterocycles. The summed E-state index contributed by atoms with van der Waals surface area (Å²) in [7, 11) is 0. The predicted octanol–water partition coefficient (Wildman–Crippen LogP) is 4.04. The normalized spacial score (nSPS) is 11.3. The van der Waals surface area contributed by atoms with E-state index in [9.17, 15) is 13.6 Å². The molecule has 84 valence electrons. The zero-order chi connectivity index (χ0) is 11.9. The molecule has 16 heavy (non-hydrogen) atoms. The van der Waals surface area contributed by atoms with Crippen molar-refractivity contribution in [3.05, 3.63) is 44.2 Å². The summed E-state index contributed by atoms with van der Waals surface area (Å²) < 4.78 is 29.8. The molecule has 2 nitrogen and oxygen atoms in total. The summed E-state index contributed by atoms with van der Waals surface area (Å²) in [5.41, 5.74) is -1.99. The first kappa shape index (κ1) is 11.4. The van der Waals surface area contributed by atoms with Crippen LogP contribution in [0.25, 0.3) is 11.0 Å². The number of rotatable bonds is 1. The average Bonchev–Trinajstić information content (AvgIpc) is 2.19. The Morgan fingerprint density at radius 3 is 2.56 bits per heavy atom. The standard InChI is InChI=1S/C10H4Cl2F2O2/c11-5-3-1-2-4-7(12)6(9(13)14)10(15)16-8(4)5/h1-3,9H. The van der Waals surface area contributed by atoms with Gasteiger partial charge in [0.25, 0.3) is 6.43 Å². The molecule has 0 aliphatic carbocycles. The van der Waals surface area contributed by atoms with Gasteiger partial charge in [0.05, 0.1) is 10.0 Å². The molecule has 0 N–H and O–H groups in total. The number of benzene rings is 1. The first-order valence-electron chi connectivity index (χ1n) is 4.21. The van der Waals surface area contributed by atoms with Crippen molar-refractivity contribution in [2.45, 2.75) is 6.43 Å². The lowest BCUT2D eigenvalue weighted by molar-refractivity contribution is 0.147. The Morgan fingerprint density at radius 2 is 1.94 bits per heavy atom. The third kappa shape index (κ3) is 1.68. The van der Waals surface area contributed by atoms with Crippen molar-refractivity contribution in [3.63, 3.8) is 0 Å². The van der Waals surface area contributed by atoms with Crippen LogP contribution < -0.4 is 5.63 Å². The van der Waals surface area contributed by atoms with Gasteiger partial charge in [0.1, 0.15) is 5.56 Å². The van der Waals surface area contributed by atoms with Gasteiger partial charge in [-0.2, -0.15) is 0 Å². The van der Waals surface area contributed by atoms with Crippen LogP contribution in [0, 0.1) is 0 Å². The Kier molecular flexibility index (Phi) is 2.86. The summed E-state index contributed by atoms with van der Waals surface area (Å²) in [4.78, 5) is 11.3. The smallest absolute Gasteiger partial charge is 0.346 e. The lowest BCUT2D eigenvalue weighted by Crippen LogP contribution is -2.08. The molecule has 2 rings (SSSR count). The average molecular weight is 265 g/mol. The van der Waals surface area contributed by atoms with Crippen molar-refractivity contribution in [1.29, 1.82) is 0 Å². The lowest BCUT2D eigenvalue weighted by Gasteiger charge is -2.05. The largest absolute Gasteiger partial charge is 0.421 e. The fourth-order valence-electron chi connectivity index (χ4n) is 1.35. The van der Waals surface area contributed by atoms with Gasteiger partial charge in [-0.15, -0.1) is 0 Å². The first-order valence-corrected chi connectivity index (χ1v) is 4.97. The maximum absolute atomic E-state index is 12.5. The Morgan fingerprint density at radius 1 is 1.25 bits per heavy atom. The molecule has 0 saturated heterocycles. The van der Waals surface area contributed by atoms with Gasteiger partial charge >= 0.3 is 5.63 Å². The molecule has 0 unspecified atom stereocenters. The molecule has 0 spiro atoms. The van der Waals surface area contributed by atoms with Crippen LogP contribution in [0.3, 0.4) is 0 Å². The fourth-order valence-corrected chi connectivity index (χ4v) is 1.87. The highest BCUT2D eigenvalue weighted by Gasteiger charge is 2.21. The van der Waals surface area contributed by atoms with Crippen molar-refractivity contribution in [3.8, 4) is 0 Å². The number of hydrogen-bond donors (Lipinski definition) is 0. The molecule has 0 atom stereocenters. The van der Waals surface area contributed by atoms with E-state index in [1.165, 1.54) is 18.2 Å². The van der Waals surface area contributed by atoms with Gasteiger partial charge in [0, 0.05) is 5.39 Å². The maximum Gasteiger partial charge on any atom is 0.346 e. The lowest BCUT2D eigenvalue weighted by atomic mass is 10.2. The Balaban J connectivity index is 2.95. The highest BCUT2D eigenvalue weighted by Crippen LogP contribution is 2.33. The van der Waals surface area contributed by atoms with E-state index in [-0.39, 0.29) is 21.0 Å². The number of alkyl halides is 2. The monoisotopic (exact) mass is 264 g/mol. The van der Waals surface area contributed by atoms with E-state index in [1.807, 2.05) is 0 Å². The third-order valence-corrected chi connectivity index (χ3v) is 2.78. The van der Waals surface area contributed by atoms with E-state index in [1.54, 1.807) is 0 Å². The first-order chi connectivity index (χ1) is 7.52. The van der Waals surface area contributed by atoms with Gasteiger partial charge in [-0.25, -0.2) is 13.6 Å². The summed E-state index contributed by atoms with van der Waals surface area (Å²) in [6.07, 6.45) is -2.98. The third-order valence-electron chi connectivity index (χ3n) is 2.07. The van der Waals surface area contributed by atoms with Gasteiger partial charge < -0.3 is 4.42 Å². The fraction of sp³-hybridized carbons (Fsp3) is 0.100. The second-order valence-electron chi connectivity index (χ2n) is 3.03. The van der Waals surface area contributed by atoms with Crippen LogP contribution in [0.4, 0.5) is 8.78 Å². The van der Waals surface area contributed by atoms with Gasteiger partial charge in [0.2, 0.25) is 0 Å². The van der Waals surface area contributed by atoms with Crippen LogP contribution in [0.2, 0.25) is 10.0 Å². The molecular formula is C10H4Cl2F2O2. The molecule has 1 heterocycles. The molecule has 2 aromatic rings. The minimum Gasteiger partial charge on any atom is -0.421 e. The van der Waals surface area contributed by atoms with E-state index in [4.69, 9.17) is 27.6 Å². The quantitative estimate of drug-likeness (QED) is 0.728. The SMILES string of the molecule is O=c1oc2c(Cl)cccc2c(Cl)c1C(F)F. The molecule has 0 radical (unpaired) electrons. The predicted molar refractivity (Wildman–Crippen MR) is 57.5 cm³/mol. The minimum atomic E-state index is -2.98. The van der Waals surface area contributed by atoms with Crippen molar-refractivity contribution >= 4 is 34.2 Å². The molecular weight excluding hydrogens is 261 g/mol. The van der Waals surface area contributed by atoms with Crippen LogP contribution >= 0.6 is 23.2 Å². The topological polar surface area (TPSA) is 30.2 Å². The number of hydrogen-bond acceptors (Lipinski definition) is 2. The molecule has 1 aromatic carbocycles. The maximum atomic E-state index is 12.5. The van der Waals surface area contributed by atoms with Gasteiger partial charge in [-0.3, -0.25) is 0 Å².